The average molecular weight is 553 g/mol. The van der Waals surface area contributed by atoms with E-state index in [1.165, 1.54) is 25.1 Å². The number of aromatic hydroxyl groups is 2. The van der Waals surface area contributed by atoms with Gasteiger partial charge in [-0.25, -0.2) is 8.42 Å². The molecule has 1 aliphatic carbocycles. The van der Waals surface area contributed by atoms with E-state index in [0.29, 0.717) is 24.3 Å². The van der Waals surface area contributed by atoms with Crippen LogP contribution < -0.4 is 14.4 Å². The number of hydrogen-bond acceptors (Lipinski definition) is 9. The van der Waals surface area contributed by atoms with Gasteiger partial charge in [-0.05, 0) is 58.7 Å². The standard InChI is InChI=1S/C28H28N2O8S/c1-14-24(33)22(16(3)31)26-23(25(14)34)28(4)20(38-26)13-19(32)21(27(28)35)15(2)29-17-8-7-9-18(12-17)30-10-5-6-11-39(30,36)37/h7-9,12-13,29,33-34H,5-6,10-11H2,1-4H3/t28-/m0/s1. The molecular weight excluding hydrogens is 524 g/mol. The largest absolute Gasteiger partial charge is 0.507 e. The summed E-state index contributed by atoms with van der Waals surface area (Å²) in [5, 5.41) is 24.5. The van der Waals surface area contributed by atoms with Crippen LogP contribution in [0.3, 0.4) is 0 Å². The number of phenolic OH excluding ortho intramolecular Hbond substituents is 2. The van der Waals surface area contributed by atoms with E-state index in [1.54, 1.807) is 31.2 Å². The highest BCUT2D eigenvalue weighted by atomic mass is 32.2. The Kier molecular flexibility index (Phi) is 6.10. The highest BCUT2D eigenvalue weighted by molar-refractivity contribution is 7.92. The van der Waals surface area contributed by atoms with Gasteiger partial charge in [0.05, 0.1) is 22.6 Å². The van der Waals surface area contributed by atoms with E-state index in [9.17, 15) is 33.0 Å². The van der Waals surface area contributed by atoms with Gasteiger partial charge in [-0.3, -0.25) is 18.7 Å². The number of carbonyl (C=O) groups is 3. The van der Waals surface area contributed by atoms with Crippen molar-refractivity contribution < 1.29 is 37.8 Å². The maximum absolute atomic E-state index is 14.0. The fourth-order valence-electron chi connectivity index (χ4n) is 5.46. The predicted molar refractivity (Wildman–Crippen MR) is 144 cm³/mol. The number of rotatable bonds is 4. The topological polar surface area (TPSA) is 150 Å². The van der Waals surface area contributed by atoms with Crippen LogP contribution in [0.4, 0.5) is 11.4 Å². The number of hydrogen-bond donors (Lipinski definition) is 3. The normalized spacial score (nSPS) is 23.0. The first-order valence-electron chi connectivity index (χ1n) is 12.5. The third kappa shape index (κ3) is 3.91. The number of phenols is 2. The number of ether oxygens (including phenoxy) is 1. The number of benzene rings is 2. The third-order valence-corrected chi connectivity index (χ3v) is 9.44. The van der Waals surface area contributed by atoms with Gasteiger partial charge in [-0.2, -0.15) is 0 Å². The number of fused-ring (bicyclic) bond motifs is 3. The Morgan fingerprint density at radius 3 is 2.51 bits per heavy atom. The number of anilines is 2. The van der Waals surface area contributed by atoms with Crippen LogP contribution in [0.15, 0.2) is 47.4 Å². The number of nitrogens with zero attached hydrogens (tertiary/aromatic N) is 1. The Hall–Kier alpha value is -4.12. The Balaban J connectivity index is 1.57. The van der Waals surface area contributed by atoms with Gasteiger partial charge in [0, 0.05) is 29.6 Å². The molecule has 5 rings (SSSR count). The molecule has 204 valence electrons. The summed E-state index contributed by atoms with van der Waals surface area (Å²) in [6.45, 7) is 6.06. The van der Waals surface area contributed by atoms with Crippen molar-refractivity contribution in [3.63, 3.8) is 0 Å². The lowest BCUT2D eigenvalue weighted by Crippen LogP contribution is -2.40. The molecular formula is C28H28N2O8S. The molecule has 0 unspecified atom stereocenters. The molecule has 0 amide bonds. The molecule has 0 spiro atoms. The summed E-state index contributed by atoms with van der Waals surface area (Å²) in [5.41, 5.74) is -0.792. The van der Waals surface area contributed by atoms with Crippen molar-refractivity contribution in [3.8, 4) is 17.2 Å². The van der Waals surface area contributed by atoms with Crippen LogP contribution >= 0.6 is 0 Å². The lowest BCUT2D eigenvalue weighted by Gasteiger charge is -2.29. The number of carbonyl (C=O) groups excluding carboxylic acids is 3. The van der Waals surface area contributed by atoms with Crippen LogP contribution in [0.25, 0.3) is 0 Å². The molecule has 0 bridgehead atoms. The van der Waals surface area contributed by atoms with E-state index < -0.39 is 44.3 Å². The van der Waals surface area contributed by atoms with E-state index in [-0.39, 0.29) is 45.2 Å². The van der Waals surface area contributed by atoms with Crippen molar-refractivity contribution in [2.75, 3.05) is 21.9 Å². The first-order valence-corrected chi connectivity index (χ1v) is 14.1. The monoisotopic (exact) mass is 552 g/mol. The zero-order valence-corrected chi connectivity index (χ0v) is 22.7. The smallest absolute Gasteiger partial charge is 0.235 e. The fraction of sp³-hybridized carbons (Fsp3) is 0.321. The molecule has 11 heteroatoms. The second-order valence-electron chi connectivity index (χ2n) is 10.2. The van der Waals surface area contributed by atoms with Crippen molar-refractivity contribution in [3.05, 3.63) is 64.1 Å². The maximum atomic E-state index is 14.0. The summed E-state index contributed by atoms with van der Waals surface area (Å²) in [5.74, 6) is -2.81. The minimum atomic E-state index is -3.43. The van der Waals surface area contributed by atoms with Gasteiger partial charge in [0.25, 0.3) is 0 Å². The Morgan fingerprint density at radius 1 is 1.13 bits per heavy atom. The average Bonchev–Trinajstić information content (AvgIpc) is 3.15. The number of nitrogens with one attached hydrogen (secondary N) is 1. The number of ketones is 3. The van der Waals surface area contributed by atoms with Crippen molar-refractivity contribution in [2.24, 2.45) is 0 Å². The number of sulfonamides is 1. The molecule has 2 aromatic carbocycles. The maximum Gasteiger partial charge on any atom is 0.235 e. The van der Waals surface area contributed by atoms with Crippen molar-refractivity contribution in [2.45, 2.75) is 46.0 Å². The highest BCUT2D eigenvalue weighted by Gasteiger charge is 2.56. The molecule has 0 aromatic heterocycles. The predicted octanol–water partition coefficient (Wildman–Crippen LogP) is 3.61. The van der Waals surface area contributed by atoms with Crippen molar-refractivity contribution >= 4 is 38.7 Å². The quantitative estimate of drug-likeness (QED) is 0.294. The molecule has 1 fully saturated rings. The fourth-order valence-corrected chi connectivity index (χ4v) is 7.09. The SMILES string of the molecule is CC(=O)c1c(O)c(C)c(O)c2c1OC1=CC(=O)C(=C(C)Nc3cccc(N4CCCCS4(=O)=O)c3)C(=O)[C@@]12C. The lowest BCUT2D eigenvalue weighted by molar-refractivity contribution is -0.123. The van der Waals surface area contributed by atoms with E-state index in [1.807, 2.05) is 0 Å². The van der Waals surface area contributed by atoms with Crippen molar-refractivity contribution in [1.82, 2.24) is 0 Å². The van der Waals surface area contributed by atoms with E-state index in [0.717, 1.165) is 12.5 Å². The van der Waals surface area contributed by atoms with Crippen LogP contribution in [-0.2, 0) is 25.0 Å². The molecule has 10 nitrogen and oxygen atoms in total. The van der Waals surface area contributed by atoms with Gasteiger partial charge in [-0.15, -0.1) is 0 Å². The minimum absolute atomic E-state index is 0.00866. The summed E-state index contributed by atoms with van der Waals surface area (Å²) in [6.07, 6.45) is 2.50. The minimum Gasteiger partial charge on any atom is -0.507 e. The van der Waals surface area contributed by atoms with E-state index in [4.69, 9.17) is 4.74 Å². The first-order chi connectivity index (χ1) is 18.3. The number of allylic oxidation sites excluding steroid dienone is 4. The third-order valence-electron chi connectivity index (χ3n) is 7.58. The molecule has 0 saturated carbocycles. The second kappa shape index (κ2) is 8.98. The van der Waals surface area contributed by atoms with Gasteiger partial charge < -0.3 is 20.3 Å². The van der Waals surface area contributed by atoms with Crippen LogP contribution in [0.1, 0.15) is 55.1 Å². The van der Waals surface area contributed by atoms with Gasteiger partial charge >= 0.3 is 0 Å². The Morgan fingerprint density at radius 2 is 1.85 bits per heavy atom. The highest BCUT2D eigenvalue weighted by Crippen LogP contribution is 2.57. The summed E-state index contributed by atoms with van der Waals surface area (Å²) in [4.78, 5) is 39.5. The zero-order valence-electron chi connectivity index (χ0n) is 21.9. The Labute approximate surface area is 225 Å². The zero-order chi connectivity index (χ0) is 28.4. The van der Waals surface area contributed by atoms with Gasteiger partial charge in [0.2, 0.25) is 10.0 Å². The molecule has 39 heavy (non-hydrogen) atoms. The first kappa shape index (κ1) is 26.5. The summed E-state index contributed by atoms with van der Waals surface area (Å²) in [7, 11) is -3.43. The summed E-state index contributed by atoms with van der Waals surface area (Å²) >= 11 is 0. The lowest BCUT2D eigenvalue weighted by atomic mass is 9.70. The molecule has 2 aromatic rings. The summed E-state index contributed by atoms with van der Waals surface area (Å²) in [6, 6.07) is 6.69. The molecule has 2 heterocycles. The molecule has 1 atom stereocenters. The van der Waals surface area contributed by atoms with Gasteiger partial charge in [0.15, 0.2) is 17.3 Å². The molecule has 3 N–H and O–H groups in total. The van der Waals surface area contributed by atoms with Crippen LogP contribution in [-0.4, -0.2) is 48.3 Å². The Bertz CT molecular complexity index is 1650. The molecule has 1 saturated heterocycles. The summed E-state index contributed by atoms with van der Waals surface area (Å²) < 4.78 is 32.3. The van der Waals surface area contributed by atoms with Crippen LogP contribution in [0.5, 0.6) is 17.2 Å². The molecule has 3 aliphatic rings. The van der Waals surface area contributed by atoms with E-state index in [2.05, 4.69) is 5.32 Å². The molecule has 0 radical (unpaired) electrons. The number of Topliss-reactive ketones (excluding diaryl/α,β-unsaturated/α-hetero) is 2. The van der Waals surface area contributed by atoms with Crippen LogP contribution in [0, 0.1) is 6.92 Å². The second-order valence-corrected chi connectivity index (χ2v) is 12.2. The van der Waals surface area contributed by atoms with Crippen molar-refractivity contribution in [1.29, 1.82) is 0 Å². The van der Waals surface area contributed by atoms with Crippen LogP contribution in [0.2, 0.25) is 0 Å². The van der Waals surface area contributed by atoms with E-state index >= 15 is 0 Å². The molecule has 2 aliphatic heterocycles. The van der Waals surface area contributed by atoms with Gasteiger partial charge in [0.1, 0.15) is 34.0 Å². The van der Waals surface area contributed by atoms with Gasteiger partial charge in [-0.1, -0.05) is 6.07 Å².